The number of rotatable bonds is 2. The first-order valence-corrected chi connectivity index (χ1v) is 12.3. The Balaban J connectivity index is 3.35. The van der Waals surface area contributed by atoms with Gasteiger partial charge >= 0.3 is 0 Å². The average Bonchev–Trinajstić information content (AvgIpc) is 2.27. The minimum absolute atomic E-state index is 1.15. The van der Waals surface area contributed by atoms with Crippen molar-refractivity contribution in [3.63, 3.8) is 0 Å². The summed E-state index contributed by atoms with van der Waals surface area (Å²) >= 11 is 0. The van der Waals surface area contributed by atoms with E-state index in [2.05, 4.69) is 63.2 Å². The number of aryl methyl sites for hydroxylation is 1. The lowest BCUT2D eigenvalue weighted by atomic mass is 10.7. The highest BCUT2D eigenvalue weighted by molar-refractivity contribution is 6.98. The van der Waals surface area contributed by atoms with E-state index < -0.39 is 16.1 Å². The normalized spacial score (nSPS) is 13.4. The zero-order valence-electron chi connectivity index (χ0n) is 10.6. The van der Waals surface area contributed by atoms with Crippen molar-refractivity contribution in [2.75, 3.05) is 0 Å². The Labute approximate surface area is 90.2 Å². The highest BCUT2D eigenvalue weighted by atomic mass is 28.3. The minimum Gasteiger partial charge on any atom is -0.358 e. The SMILES string of the molecule is Cn1ccc([Si](C)(C)C)c1[Si](C)(C)C. The molecule has 0 atom stereocenters. The smallest absolute Gasteiger partial charge is 0.0982 e. The summed E-state index contributed by atoms with van der Waals surface area (Å²) in [6.45, 7) is 14.6. The summed E-state index contributed by atoms with van der Waals surface area (Å²) in [7, 11) is -0.144. The molecule has 0 amide bonds. The van der Waals surface area contributed by atoms with Gasteiger partial charge < -0.3 is 4.57 Å². The molecule has 0 saturated carbocycles. The second kappa shape index (κ2) is 3.38. The van der Waals surface area contributed by atoms with Crippen molar-refractivity contribution >= 4 is 26.7 Å². The van der Waals surface area contributed by atoms with Gasteiger partial charge in [0.2, 0.25) is 0 Å². The van der Waals surface area contributed by atoms with Crippen LogP contribution in [0.3, 0.4) is 0 Å². The van der Waals surface area contributed by atoms with E-state index in [-0.39, 0.29) is 0 Å². The van der Waals surface area contributed by atoms with Crippen molar-refractivity contribution in [1.29, 1.82) is 0 Å². The molecule has 0 N–H and O–H groups in total. The van der Waals surface area contributed by atoms with Gasteiger partial charge in [0.1, 0.15) is 0 Å². The number of nitrogens with zero attached hydrogens (tertiary/aromatic N) is 1. The van der Waals surface area contributed by atoms with Crippen molar-refractivity contribution in [3.8, 4) is 0 Å². The van der Waals surface area contributed by atoms with E-state index in [0.717, 1.165) is 0 Å². The highest BCUT2D eigenvalue weighted by Crippen LogP contribution is 2.07. The Kier molecular flexibility index (Phi) is 2.85. The van der Waals surface area contributed by atoms with Crippen LogP contribution in [0.2, 0.25) is 39.3 Å². The first kappa shape index (κ1) is 11.8. The molecule has 0 radical (unpaired) electrons. The largest absolute Gasteiger partial charge is 0.358 e. The summed E-state index contributed by atoms with van der Waals surface area (Å²) < 4.78 is 2.35. The molecule has 14 heavy (non-hydrogen) atoms. The van der Waals surface area contributed by atoms with E-state index in [1.807, 2.05) is 0 Å². The summed E-state index contributed by atoms with van der Waals surface area (Å²) in [5.41, 5.74) is 0. The number of aromatic nitrogens is 1. The van der Waals surface area contributed by atoms with Crippen LogP contribution >= 0.6 is 0 Å². The molecule has 1 aromatic heterocycles. The van der Waals surface area contributed by atoms with Crippen molar-refractivity contribution < 1.29 is 0 Å². The van der Waals surface area contributed by atoms with Gasteiger partial charge in [-0.05, 0) is 16.6 Å². The molecular formula is C11H23NSi2. The third-order valence-electron chi connectivity index (χ3n) is 2.59. The van der Waals surface area contributed by atoms with Gasteiger partial charge in [0, 0.05) is 13.2 Å². The molecule has 1 nitrogen and oxygen atoms in total. The van der Waals surface area contributed by atoms with E-state index >= 15 is 0 Å². The first-order chi connectivity index (χ1) is 6.14. The van der Waals surface area contributed by atoms with Crippen molar-refractivity contribution in [1.82, 2.24) is 4.57 Å². The maximum absolute atomic E-state index is 2.44. The van der Waals surface area contributed by atoms with Crippen LogP contribution in [0.4, 0.5) is 0 Å². The lowest BCUT2D eigenvalue weighted by Gasteiger charge is -2.25. The zero-order valence-corrected chi connectivity index (χ0v) is 12.6. The van der Waals surface area contributed by atoms with Crippen LogP contribution in [-0.2, 0) is 7.05 Å². The predicted molar refractivity (Wildman–Crippen MR) is 71.4 cm³/mol. The van der Waals surface area contributed by atoms with Crippen molar-refractivity contribution in [2.24, 2.45) is 7.05 Å². The fraction of sp³-hybridized carbons (Fsp3) is 0.636. The predicted octanol–water partition coefficient (Wildman–Crippen LogP) is 2.12. The monoisotopic (exact) mass is 225 g/mol. The standard InChI is InChI=1S/C11H23NSi2/c1-12-9-8-10(13(2,3)4)11(12)14(5,6)7/h8-9H,1-7H3. The molecule has 1 heterocycles. The van der Waals surface area contributed by atoms with Gasteiger partial charge in [-0.2, -0.15) is 0 Å². The van der Waals surface area contributed by atoms with E-state index in [1.165, 1.54) is 0 Å². The molecule has 0 bridgehead atoms. The topological polar surface area (TPSA) is 4.93 Å². The van der Waals surface area contributed by atoms with Crippen LogP contribution < -0.4 is 10.5 Å². The highest BCUT2D eigenvalue weighted by Gasteiger charge is 2.29. The Bertz CT molecular complexity index is 326. The van der Waals surface area contributed by atoms with E-state index in [1.54, 1.807) is 10.5 Å². The van der Waals surface area contributed by atoms with Gasteiger partial charge in [0.25, 0.3) is 0 Å². The quantitative estimate of drug-likeness (QED) is 0.680. The Morgan fingerprint density at radius 3 is 1.71 bits per heavy atom. The van der Waals surface area contributed by atoms with Gasteiger partial charge in [-0.25, -0.2) is 0 Å². The zero-order chi connectivity index (χ0) is 11.1. The molecule has 0 fully saturated rings. The third-order valence-corrected chi connectivity index (χ3v) is 6.90. The number of hydrogen-bond acceptors (Lipinski definition) is 0. The molecule has 0 aliphatic heterocycles. The van der Waals surface area contributed by atoms with Crippen LogP contribution in [0, 0.1) is 0 Å². The molecule has 0 unspecified atom stereocenters. The molecule has 0 aliphatic carbocycles. The first-order valence-electron chi connectivity index (χ1n) is 5.30. The average molecular weight is 225 g/mol. The Hall–Kier alpha value is -0.286. The molecule has 0 saturated heterocycles. The van der Waals surface area contributed by atoms with Crippen LogP contribution in [0.5, 0.6) is 0 Å². The van der Waals surface area contributed by atoms with E-state index in [0.29, 0.717) is 0 Å². The summed E-state index contributed by atoms with van der Waals surface area (Å²) in [5, 5.41) is 3.32. The lowest BCUT2D eigenvalue weighted by Crippen LogP contribution is -2.57. The molecule has 1 aromatic rings. The maximum atomic E-state index is 2.44. The van der Waals surface area contributed by atoms with Crippen LogP contribution in [0.25, 0.3) is 0 Å². The molecule has 1 rings (SSSR count). The van der Waals surface area contributed by atoms with Crippen molar-refractivity contribution in [2.45, 2.75) is 39.3 Å². The van der Waals surface area contributed by atoms with Crippen LogP contribution in [0.1, 0.15) is 0 Å². The third kappa shape index (κ3) is 2.20. The van der Waals surface area contributed by atoms with E-state index in [4.69, 9.17) is 0 Å². The molecular weight excluding hydrogens is 202 g/mol. The van der Waals surface area contributed by atoms with Gasteiger partial charge in [0.15, 0.2) is 0 Å². The fourth-order valence-electron chi connectivity index (χ4n) is 2.07. The van der Waals surface area contributed by atoms with Crippen LogP contribution in [0.15, 0.2) is 12.3 Å². The second-order valence-electron chi connectivity index (χ2n) is 6.19. The summed E-state index contributed by atoms with van der Waals surface area (Å²) in [5.74, 6) is 0. The lowest BCUT2D eigenvalue weighted by molar-refractivity contribution is 0.953. The second-order valence-corrected chi connectivity index (χ2v) is 16.2. The van der Waals surface area contributed by atoms with Crippen molar-refractivity contribution in [3.05, 3.63) is 12.3 Å². The molecule has 0 aromatic carbocycles. The molecule has 80 valence electrons. The van der Waals surface area contributed by atoms with Gasteiger partial charge in [-0.3, -0.25) is 0 Å². The molecule has 0 aliphatic rings. The van der Waals surface area contributed by atoms with Gasteiger partial charge in [0.05, 0.1) is 16.1 Å². The summed E-state index contributed by atoms with van der Waals surface area (Å²) in [4.78, 5) is 0. The van der Waals surface area contributed by atoms with Gasteiger partial charge in [-0.1, -0.05) is 39.3 Å². The number of hydrogen-bond donors (Lipinski definition) is 0. The minimum atomic E-state index is -1.18. The molecule has 0 spiro atoms. The van der Waals surface area contributed by atoms with E-state index in [9.17, 15) is 0 Å². The summed E-state index contributed by atoms with van der Waals surface area (Å²) in [6, 6.07) is 2.35. The fourth-order valence-corrected chi connectivity index (χ4v) is 7.80. The maximum Gasteiger partial charge on any atom is 0.0982 e. The van der Waals surface area contributed by atoms with Gasteiger partial charge in [-0.15, -0.1) is 0 Å². The van der Waals surface area contributed by atoms with Crippen LogP contribution in [-0.4, -0.2) is 20.7 Å². The summed E-state index contributed by atoms with van der Waals surface area (Å²) in [6.07, 6.45) is 2.24. The Morgan fingerprint density at radius 1 is 0.929 bits per heavy atom. The Morgan fingerprint density at radius 2 is 1.43 bits per heavy atom. The molecule has 3 heteroatoms.